The zero-order valence-electron chi connectivity index (χ0n) is 9.48. The molecule has 17 heavy (non-hydrogen) atoms. The first-order chi connectivity index (χ1) is 8.36. The molecule has 88 valence electrons. The Bertz CT molecular complexity index is 541. The molecule has 1 aromatic heterocycles. The number of anilines is 1. The van der Waals surface area contributed by atoms with Crippen molar-refractivity contribution in [3.05, 3.63) is 30.0 Å². The Morgan fingerprint density at radius 3 is 2.82 bits per heavy atom. The smallest absolute Gasteiger partial charge is 0.185 e. The predicted octanol–water partition coefficient (Wildman–Crippen LogP) is 1.65. The van der Waals surface area contributed by atoms with Crippen molar-refractivity contribution < 1.29 is 9.21 Å². The number of furan rings is 1. The second-order valence-corrected chi connectivity index (χ2v) is 4.23. The SMILES string of the molecule is O=Cc1cc2cc(N3CCNCC3)ccc2o1. The maximum atomic E-state index is 10.7. The average Bonchev–Trinajstić information content (AvgIpc) is 2.81. The number of nitrogens with one attached hydrogen (secondary N) is 1. The number of nitrogens with zero attached hydrogens (tertiary/aromatic N) is 1. The van der Waals surface area contributed by atoms with Gasteiger partial charge in [0.2, 0.25) is 0 Å². The van der Waals surface area contributed by atoms with Crippen LogP contribution in [0.1, 0.15) is 10.6 Å². The van der Waals surface area contributed by atoms with Crippen LogP contribution in [0.15, 0.2) is 28.7 Å². The van der Waals surface area contributed by atoms with E-state index in [0.29, 0.717) is 5.76 Å². The van der Waals surface area contributed by atoms with E-state index in [1.54, 1.807) is 6.07 Å². The molecule has 0 amide bonds. The van der Waals surface area contributed by atoms with Gasteiger partial charge in [-0.25, -0.2) is 0 Å². The van der Waals surface area contributed by atoms with E-state index in [9.17, 15) is 4.79 Å². The highest BCUT2D eigenvalue weighted by molar-refractivity contribution is 5.87. The van der Waals surface area contributed by atoms with Gasteiger partial charge < -0.3 is 14.6 Å². The van der Waals surface area contributed by atoms with E-state index in [4.69, 9.17) is 4.42 Å². The van der Waals surface area contributed by atoms with Crippen molar-refractivity contribution in [3.63, 3.8) is 0 Å². The van der Waals surface area contributed by atoms with Crippen molar-refractivity contribution >= 4 is 22.9 Å². The molecule has 0 unspecified atom stereocenters. The molecule has 0 saturated carbocycles. The molecule has 4 heteroatoms. The van der Waals surface area contributed by atoms with Gasteiger partial charge in [-0.2, -0.15) is 0 Å². The second kappa shape index (κ2) is 4.22. The Hall–Kier alpha value is -1.81. The summed E-state index contributed by atoms with van der Waals surface area (Å²) in [7, 11) is 0. The molecule has 2 aromatic rings. The minimum Gasteiger partial charge on any atom is -0.453 e. The lowest BCUT2D eigenvalue weighted by molar-refractivity contribution is 0.110. The van der Waals surface area contributed by atoms with Gasteiger partial charge in [0.1, 0.15) is 5.58 Å². The molecule has 0 aliphatic carbocycles. The Balaban J connectivity index is 1.97. The monoisotopic (exact) mass is 230 g/mol. The van der Waals surface area contributed by atoms with Gasteiger partial charge in [-0.05, 0) is 24.3 Å². The van der Waals surface area contributed by atoms with E-state index >= 15 is 0 Å². The standard InChI is InChI=1S/C13H14N2O2/c16-9-12-8-10-7-11(1-2-13(10)17-12)15-5-3-14-4-6-15/h1-2,7-9,14H,3-6H2. The van der Waals surface area contributed by atoms with Crippen LogP contribution in [-0.4, -0.2) is 32.5 Å². The molecule has 1 N–H and O–H groups in total. The largest absolute Gasteiger partial charge is 0.453 e. The summed E-state index contributed by atoms with van der Waals surface area (Å²) in [5.41, 5.74) is 1.96. The van der Waals surface area contributed by atoms with Gasteiger partial charge in [0.15, 0.2) is 12.0 Å². The predicted molar refractivity (Wildman–Crippen MR) is 66.7 cm³/mol. The fourth-order valence-electron chi connectivity index (χ4n) is 2.23. The van der Waals surface area contributed by atoms with Crippen LogP contribution < -0.4 is 10.2 Å². The highest BCUT2D eigenvalue weighted by Gasteiger charge is 2.11. The molecule has 1 saturated heterocycles. The third kappa shape index (κ3) is 1.91. The van der Waals surface area contributed by atoms with E-state index in [0.717, 1.165) is 43.4 Å². The first-order valence-electron chi connectivity index (χ1n) is 5.81. The first kappa shape index (κ1) is 10.4. The number of benzene rings is 1. The molecule has 0 radical (unpaired) electrons. The molecule has 2 heterocycles. The topological polar surface area (TPSA) is 45.5 Å². The summed E-state index contributed by atoms with van der Waals surface area (Å²) in [6.07, 6.45) is 0.741. The lowest BCUT2D eigenvalue weighted by Crippen LogP contribution is -2.43. The van der Waals surface area contributed by atoms with Crippen molar-refractivity contribution in [1.82, 2.24) is 5.32 Å². The Morgan fingerprint density at radius 1 is 1.24 bits per heavy atom. The lowest BCUT2D eigenvalue weighted by Gasteiger charge is -2.29. The summed E-state index contributed by atoms with van der Waals surface area (Å²) >= 11 is 0. The van der Waals surface area contributed by atoms with E-state index in [1.807, 2.05) is 12.1 Å². The summed E-state index contributed by atoms with van der Waals surface area (Å²) in [5.74, 6) is 0.387. The van der Waals surface area contributed by atoms with Crippen LogP contribution in [0, 0.1) is 0 Å². The molecule has 0 spiro atoms. The molecule has 1 aromatic carbocycles. The second-order valence-electron chi connectivity index (χ2n) is 4.23. The average molecular weight is 230 g/mol. The zero-order chi connectivity index (χ0) is 11.7. The number of aldehydes is 1. The quantitative estimate of drug-likeness (QED) is 0.797. The van der Waals surface area contributed by atoms with Crippen LogP contribution in [0.2, 0.25) is 0 Å². The third-order valence-corrected chi connectivity index (χ3v) is 3.12. The van der Waals surface area contributed by atoms with Gasteiger partial charge in [0, 0.05) is 37.3 Å². The molecule has 1 aliphatic rings. The summed E-state index contributed by atoms with van der Waals surface area (Å²) in [5, 5.41) is 4.32. The Kier molecular flexibility index (Phi) is 2.57. The van der Waals surface area contributed by atoms with E-state index in [1.165, 1.54) is 5.69 Å². The number of carbonyl (C=O) groups excluding carboxylic acids is 1. The van der Waals surface area contributed by atoms with Crippen LogP contribution in [-0.2, 0) is 0 Å². The summed E-state index contributed by atoms with van der Waals surface area (Å²) in [6, 6.07) is 7.84. The van der Waals surface area contributed by atoms with Gasteiger partial charge in [-0.3, -0.25) is 4.79 Å². The molecular weight excluding hydrogens is 216 g/mol. The molecule has 1 aliphatic heterocycles. The summed E-state index contributed by atoms with van der Waals surface area (Å²) in [4.78, 5) is 13.0. The van der Waals surface area contributed by atoms with E-state index in [-0.39, 0.29) is 0 Å². The van der Waals surface area contributed by atoms with Crippen LogP contribution in [0.4, 0.5) is 5.69 Å². The van der Waals surface area contributed by atoms with Crippen molar-refractivity contribution in [2.45, 2.75) is 0 Å². The van der Waals surface area contributed by atoms with Crippen molar-refractivity contribution in [1.29, 1.82) is 0 Å². The summed E-state index contributed by atoms with van der Waals surface area (Å²) in [6.45, 7) is 4.07. The van der Waals surface area contributed by atoms with Gasteiger partial charge in [0.05, 0.1) is 0 Å². The highest BCUT2D eigenvalue weighted by atomic mass is 16.3. The minimum absolute atomic E-state index is 0.387. The van der Waals surface area contributed by atoms with Crippen LogP contribution >= 0.6 is 0 Å². The van der Waals surface area contributed by atoms with E-state index < -0.39 is 0 Å². The number of rotatable bonds is 2. The van der Waals surface area contributed by atoms with Gasteiger partial charge in [-0.1, -0.05) is 0 Å². The van der Waals surface area contributed by atoms with Crippen LogP contribution in [0.5, 0.6) is 0 Å². The maximum absolute atomic E-state index is 10.7. The lowest BCUT2D eigenvalue weighted by atomic mass is 10.2. The number of fused-ring (bicyclic) bond motifs is 1. The molecule has 0 atom stereocenters. The number of hydrogen-bond donors (Lipinski definition) is 1. The molecule has 0 bridgehead atoms. The van der Waals surface area contributed by atoms with Gasteiger partial charge >= 0.3 is 0 Å². The zero-order valence-corrected chi connectivity index (χ0v) is 9.48. The van der Waals surface area contributed by atoms with Crippen LogP contribution in [0.25, 0.3) is 11.0 Å². The fourth-order valence-corrected chi connectivity index (χ4v) is 2.23. The molecule has 3 rings (SSSR count). The fraction of sp³-hybridized carbons (Fsp3) is 0.308. The number of carbonyl (C=O) groups is 1. The van der Waals surface area contributed by atoms with Crippen molar-refractivity contribution in [3.8, 4) is 0 Å². The number of hydrogen-bond acceptors (Lipinski definition) is 4. The van der Waals surface area contributed by atoms with Gasteiger partial charge in [-0.15, -0.1) is 0 Å². The Labute approximate surface area is 99.2 Å². The first-order valence-corrected chi connectivity index (χ1v) is 5.81. The molecule has 4 nitrogen and oxygen atoms in total. The third-order valence-electron chi connectivity index (χ3n) is 3.12. The normalized spacial score (nSPS) is 16.4. The van der Waals surface area contributed by atoms with Gasteiger partial charge in [0.25, 0.3) is 0 Å². The highest BCUT2D eigenvalue weighted by Crippen LogP contribution is 2.24. The minimum atomic E-state index is 0.387. The van der Waals surface area contributed by atoms with E-state index in [2.05, 4.69) is 16.3 Å². The van der Waals surface area contributed by atoms with Crippen LogP contribution in [0.3, 0.4) is 0 Å². The Morgan fingerprint density at radius 2 is 2.06 bits per heavy atom. The molecular formula is C13H14N2O2. The molecule has 1 fully saturated rings. The van der Waals surface area contributed by atoms with Crippen molar-refractivity contribution in [2.24, 2.45) is 0 Å². The van der Waals surface area contributed by atoms with Crippen molar-refractivity contribution in [2.75, 3.05) is 31.1 Å². The summed E-state index contributed by atoms with van der Waals surface area (Å²) < 4.78 is 5.36. The maximum Gasteiger partial charge on any atom is 0.185 e. The number of piperazine rings is 1.